The first-order chi connectivity index (χ1) is 12.6. The van der Waals surface area contributed by atoms with E-state index in [0.717, 1.165) is 36.1 Å². The van der Waals surface area contributed by atoms with Crippen LogP contribution in [0, 0.1) is 0 Å². The molecule has 3 N–H and O–H groups in total. The average Bonchev–Trinajstić information content (AvgIpc) is 2.87. The second kappa shape index (κ2) is 8.51. The molecule has 0 radical (unpaired) electrons. The molecule has 1 aromatic heterocycles. The number of urea groups is 1. The zero-order chi connectivity index (χ0) is 20.2. The van der Waals surface area contributed by atoms with Crippen molar-refractivity contribution in [3.05, 3.63) is 16.0 Å². The summed E-state index contributed by atoms with van der Waals surface area (Å²) in [5.74, 6) is -1.68. The third-order valence-corrected chi connectivity index (χ3v) is 4.95. The number of ether oxygens (including phenoxy) is 1. The van der Waals surface area contributed by atoms with Gasteiger partial charge in [-0.05, 0) is 52.0 Å². The lowest BCUT2D eigenvalue weighted by Gasteiger charge is -2.20. The summed E-state index contributed by atoms with van der Waals surface area (Å²) in [6, 6.07) is -0.657. The van der Waals surface area contributed by atoms with Crippen molar-refractivity contribution in [1.82, 2.24) is 10.6 Å². The van der Waals surface area contributed by atoms with Crippen LogP contribution in [0.15, 0.2) is 0 Å². The van der Waals surface area contributed by atoms with Crippen LogP contribution in [0.5, 0.6) is 0 Å². The monoisotopic (exact) mass is 395 g/mol. The lowest BCUT2D eigenvalue weighted by molar-refractivity contribution is -0.123. The van der Waals surface area contributed by atoms with E-state index in [1.807, 2.05) is 0 Å². The van der Waals surface area contributed by atoms with Crippen molar-refractivity contribution in [1.29, 1.82) is 0 Å². The molecule has 0 aromatic carbocycles. The topological polar surface area (TPSA) is 114 Å². The van der Waals surface area contributed by atoms with Gasteiger partial charge in [-0.3, -0.25) is 14.9 Å². The number of fused-ring (bicyclic) bond motifs is 1. The highest BCUT2D eigenvalue weighted by Gasteiger charge is 2.27. The molecule has 0 spiro atoms. The number of esters is 1. The number of hydrogen-bond acceptors (Lipinski definition) is 6. The van der Waals surface area contributed by atoms with Crippen molar-refractivity contribution in [2.75, 3.05) is 11.9 Å². The molecule has 0 fully saturated rings. The summed E-state index contributed by atoms with van der Waals surface area (Å²) in [5.41, 5.74) is 0.701. The quantitative estimate of drug-likeness (QED) is 0.677. The van der Waals surface area contributed by atoms with E-state index < -0.39 is 30.1 Å². The van der Waals surface area contributed by atoms with Gasteiger partial charge in [0.15, 0.2) is 6.61 Å². The molecule has 1 heterocycles. The highest BCUT2D eigenvalue weighted by atomic mass is 32.1. The van der Waals surface area contributed by atoms with Gasteiger partial charge in [0.2, 0.25) is 5.91 Å². The Morgan fingerprint density at radius 1 is 1.11 bits per heavy atom. The van der Waals surface area contributed by atoms with E-state index in [0.29, 0.717) is 10.6 Å². The van der Waals surface area contributed by atoms with E-state index in [4.69, 9.17) is 4.74 Å². The first-order valence-electron chi connectivity index (χ1n) is 8.78. The highest BCUT2D eigenvalue weighted by molar-refractivity contribution is 7.17. The average molecular weight is 395 g/mol. The molecule has 0 saturated carbocycles. The van der Waals surface area contributed by atoms with Gasteiger partial charge in [0, 0.05) is 17.3 Å². The molecular weight excluding hydrogens is 370 g/mol. The predicted molar refractivity (Wildman–Crippen MR) is 102 cm³/mol. The lowest BCUT2D eigenvalue weighted by atomic mass is 9.95. The Balaban J connectivity index is 2.03. The highest BCUT2D eigenvalue weighted by Crippen LogP contribution is 2.38. The standard InChI is InChI=1S/C18H25N3O5S/c1-10(22)19-15-14(11-7-5-6-8-12(11)27-15)16(24)26-9-13(23)20-17(25)21-18(2,3)4/h5-9H2,1-4H3,(H,19,22)(H2,20,21,23,25). The number of thiophene rings is 1. The molecule has 1 aliphatic rings. The zero-order valence-electron chi connectivity index (χ0n) is 16.0. The Labute approximate surface area is 162 Å². The van der Waals surface area contributed by atoms with E-state index in [1.54, 1.807) is 20.8 Å². The number of imide groups is 1. The van der Waals surface area contributed by atoms with Gasteiger partial charge in [-0.15, -0.1) is 11.3 Å². The smallest absolute Gasteiger partial charge is 0.341 e. The molecule has 0 bridgehead atoms. The Hall–Kier alpha value is -2.42. The van der Waals surface area contributed by atoms with Crippen LogP contribution in [0.25, 0.3) is 0 Å². The Kier molecular flexibility index (Phi) is 6.59. The number of anilines is 1. The number of rotatable bonds is 4. The SMILES string of the molecule is CC(=O)Nc1sc2c(c1C(=O)OCC(=O)NC(=O)NC(C)(C)C)CCCC2. The van der Waals surface area contributed by atoms with Gasteiger partial charge >= 0.3 is 12.0 Å². The number of hydrogen-bond donors (Lipinski definition) is 3. The first kappa shape index (κ1) is 20.9. The maximum atomic E-state index is 12.6. The molecule has 0 saturated heterocycles. The van der Waals surface area contributed by atoms with Gasteiger partial charge < -0.3 is 15.4 Å². The molecule has 2 rings (SSSR count). The number of carbonyl (C=O) groups is 4. The molecule has 1 aliphatic carbocycles. The maximum Gasteiger partial charge on any atom is 0.341 e. The van der Waals surface area contributed by atoms with Crippen LogP contribution in [-0.2, 0) is 27.2 Å². The summed E-state index contributed by atoms with van der Waals surface area (Å²) in [6.07, 6.45) is 3.58. The van der Waals surface area contributed by atoms with Crippen LogP contribution in [0.1, 0.15) is 61.3 Å². The maximum absolute atomic E-state index is 12.6. The molecule has 148 valence electrons. The van der Waals surface area contributed by atoms with Crippen molar-refractivity contribution in [3.63, 3.8) is 0 Å². The molecule has 8 nitrogen and oxygen atoms in total. The van der Waals surface area contributed by atoms with E-state index in [1.165, 1.54) is 18.3 Å². The first-order valence-corrected chi connectivity index (χ1v) is 9.59. The normalized spacial score (nSPS) is 13.3. The predicted octanol–water partition coefficient (Wildman–Crippen LogP) is 2.37. The fourth-order valence-corrected chi connectivity index (χ4v) is 4.09. The van der Waals surface area contributed by atoms with Crippen molar-refractivity contribution >= 4 is 40.2 Å². The Morgan fingerprint density at radius 2 is 1.78 bits per heavy atom. The number of nitrogens with one attached hydrogen (secondary N) is 3. The molecule has 9 heteroatoms. The Bertz CT molecular complexity index is 764. The third-order valence-electron chi connectivity index (χ3n) is 3.74. The minimum atomic E-state index is -0.727. The van der Waals surface area contributed by atoms with Gasteiger partial charge in [0.1, 0.15) is 5.00 Å². The fourth-order valence-electron chi connectivity index (χ4n) is 2.77. The summed E-state index contributed by atoms with van der Waals surface area (Å²) < 4.78 is 5.09. The van der Waals surface area contributed by atoms with Crippen LogP contribution >= 0.6 is 11.3 Å². The lowest BCUT2D eigenvalue weighted by Crippen LogP contribution is -2.49. The summed E-state index contributed by atoms with van der Waals surface area (Å²) >= 11 is 1.37. The van der Waals surface area contributed by atoms with Crippen molar-refractivity contribution in [2.45, 2.75) is 58.9 Å². The van der Waals surface area contributed by atoms with Gasteiger partial charge in [-0.25, -0.2) is 9.59 Å². The Morgan fingerprint density at radius 3 is 2.41 bits per heavy atom. The van der Waals surface area contributed by atoms with E-state index in [-0.39, 0.29) is 5.91 Å². The molecule has 0 atom stereocenters. The third kappa shape index (κ3) is 6.06. The zero-order valence-corrected chi connectivity index (χ0v) is 16.8. The molecule has 0 aliphatic heterocycles. The molecular formula is C18H25N3O5S. The fraction of sp³-hybridized carbons (Fsp3) is 0.556. The van der Waals surface area contributed by atoms with E-state index >= 15 is 0 Å². The molecule has 27 heavy (non-hydrogen) atoms. The van der Waals surface area contributed by atoms with Crippen LogP contribution in [0.4, 0.5) is 9.80 Å². The summed E-state index contributed by atoms with van der Waals surface area (Å²) in [5, 5.41) is 7.81. The van der Waals surface area contributed by atoms with Gasteiger partial charge in [-0.2, -0.15) is 0 Å². The van der Waals surface area contributed by atoms with Crippen LogP contribution in [0.3, 0.4) is 0 Å². The summed E-state index contributed by atoms with van der Waals surface area (Å²) in [6.45, 7) is 6.12. The second-order valence-electron chi connectivity index (χ2n) is 7.42. The van der Waals surface area contributed by atoms with Crippen LogP contribution < -0.4 is 16.0 Å². The summed E-state index contributed by atoms with van der Waals surface area (Å²) in [7, 11) is 0. The van der Waals surface area contributed by atoms with Crippen LogP contribution in [0.2, 0.25) is 0 Å². The van der Waals surface area contributed by atoms with Crippen LogP contribution in [-0.4, -0.2) is 36.0 Å². The number of amides is 4. The van der Waals surface area contributed by atoms with E-state index in [9.17, 15) is 19.2 Å². The van der Waals surface area contributed by atoms with Crippen molar-refractivity contribution < 1.29 is 23.9 Å². The molecule has 4 amide bonds. The second-order valence-corrected chi connectivity index (χ2v) is 8.53. The minimum absolute atomic E-state index is 0.278. The largest absolute Gasteiger partial charge is 0.452 e. The van der Waals surface area contributed by atoms with Gasteiger partial charge in [0.05, 0.1) is 5.56 Å². The molecule has 1 aromatic rings. The van der Waals surface area contributed by atoms with Gasteiger partial charge in [-0.1, -0.05) is 0 Å². The van der Waals surface area contributed by atoms with Gasteiger partial charge in [0.25, 0.3) is 5.91 Å². The minimum Gasteiger partial charge on any atom is -0.452 e. The van der Waals surface area contributed by atoms with E-state index in [2.05, 4.69) is 16.0 Å². The number of aryl methyl sites for hydroxylation is 1. The molecule has 0 unspecified atom stereocenters. The summed E-state index contributed by atoms with van der Waals surface area (Å²) in [4.78, 5) is 48.6. The van der Waals surface area contributed by atoms with Crippen molar-refractivity contribution in [2.24, 2.45) is 0 Å². The number of carbonyl (C=O) groups excluding carboxylic acids is 4. The van der Waals surface area contributed by atoms with Crippen molar-refractivity contribution in [3.8, 4) is 0 Å².